The Bertz CT molecular complexity index is 385. The smallest absolute Gasteiger partial charge is 0.119 e. The van der Waals surface area contributed by atoms with Gasteiger partial charge >= 0.3 is 0 Å². The van der Waals surface area contributed by atoms with Gasteiger partial charge in [-0.25, -0.2) is 0 Å². The van der Waals surface area contributed by atoms with Gasteiger partial charge < -0.3 is 10.5 Å². The van der Waals surface area contributed by atoms with E-state index < -0.39 is 0 Å². The summed E-state index contributed by atoms with van der Waals surface area (Å²) in [6, 6.07) is 8.23. The second-order valence-electron chi connectivity index (χ2n) is 6.33. The van der Waals surface area contributed by atoms with E-state index in [1.54, 1.807) is 0 Å². The number of ether oxygens (including phenoxy) is 1. The van der Waals surface area contributed by atoms with Crippen LogP contribution in [0.1, 0.15) is 45.6 Å². The number of nitrogens with two attached hydrogens (primary N) is 1. The van der Waals surface area contributed by atoms with Gasteiger partial charge in [0.15, 0.2) is 0 Å². The molecule has 0 radical (unpaired) electrons. The molecule has 3 unspecified atom stereocenters. The van der Waals surface area contributed by atoms with Crippen molar-refractivity contribution in [3.8, 4) is 5.75 Å². The van der Waals surface area contributed by atoms with Gasteiger partial charge in [-0.3, -0.25) is 0 Å². The third kappa shape index (κ3) is 3.73. The molecule has 2 nitrogen and oxygen atoms in total. The highest BCUT2D eigenvalue weighted by atomic mass is 16.5. The molecule has 2 N–H and O–H groups in total. The van der Waals surface area contributed by atoms with Gasteiger partial charge in [0.2, 0.25) is 0 Å². The van der Waals surface area contributed by atoms with Crippen LogP contribution in [0.3, 0.4) is 0 Å². The van der Waals surface area contributed by atoms with Crippen molar-refractivity contribution >= 4 is 0 Å². The maximum Gasteiger partial charge on any atom is 0.119 e. The summed E-state index contributed by atoms with van der Waals surface area (Å²) in [5.74, 6) is 3.15. The van der Waals surface area contributed by atoms with Crippen LogP contribution in [0, 0.1) is 17.8 Å². The fourth-order valence-electron chi connectivity index (χ4n) is 3.13. The molecule has 3 atom stereocenters. The van der Waals surface area contributed by atoms with Crippen molar-refractivity contribution in [3.63, 3.8) is 0 Å². The molecule has 0 aliphatic heterocycles. The molecule has 1 fully saturated rings. The first kappa shape index (κ1) is 14.4. The van der Waals surface area contributed by atoms with Gasteiger partial charge in [0.05, 0.1) is 0 Å². The number of rotatable bonds is 4. The molecule has 0 bridgehead atoms. The number of hydrogen-bond acceptors (Lipinski definition) is 2. The minimum absolute atomic E-state index is 0.368. The lowest BCUT2D eigenvalue weighted by Crippen LogP contribution is -2.36. The van der Waals surface area contributed by atoms with E-state index in [1.807, 2.05) is 0 Å². The molecule has 2 rings (SSSR count). The van der Waals surface area contributed by atoms with Crippen molar-refractivity contribution in [1.82, 2.24) is 0 Å². The van der Waals surface area contributed by atoms with Gasteiger partial charge in [0.25, 0.3) is 0 Å². The molecule has 1 aliphatic rings. The van der Waals surface area contributed by atoms with Crippen LogP contribution >= 0.6 is 0 Å². The van der Waals surface area contributed by atoms with E-state index in [2.05, 4.69) is 45.0 Å². The average Bonchev–Trinajstić information content (AvgIpc) is 2.39. The Morgan fingerprint density at radius 2 is 1.89 bits per heavy atom. The first-order valence-corrected chi connectivity index (χ1v) is 7.55. The van der Waals surface area contributed by atoms with Gasteiger partial charge in [-0.2, -0.15) is 0 Å². The monoisotopic (exact) mass is 261 g/mol. The molecule has 1 aliphatic carbocycles. The summed E-state index contributed by atoms with van der Waals surface area (Å²) in [5, 5.41) is 0. The van der Waals surface area contributed by atoms with Crippen LogP contribution in [0.25, 0.3) is 0 Å². The molecular formula is C17H27NO. The van der Waals surface area contributed by atoms with Crippen LogP contribution in [0.4, 0.5) is 0 Å². The Morgan fingerprint density at radius 1 is 1.21 bits per heavy atom. The molecule has 0 saturated heterocycles. The number of benzene rings is 1. The highest BCUT2D eigenvalue weighted by Gasteiger charge is 2.32. The van der Waals surface area contributed by atoms with Gasteiger partial charge in [0, 0.05) is 6.54 Å². The summed E-state index contributed by atoms with van der Waals surface area (Å²) in [5.41, 5.74) is 6.78. The summed E-state index contributed by atoms with van der Waals surface area (Å²) < 4.78 is 6.26. The van der Waals surface area contributed by atoms with Gasteiger partial charge in [-0.05, 0) is 48.3 Å². The standard InChI is InChI=1S/C17H27NO/c1-12(2)16-9-4-13(3)10-17(16)19-15-7-5-14(11-18)6-8-15/h5-8,12-13,16-17H,4,9-11,18H2,1-3H3. The summed E-state index contributed by atoms with van der Waals surface area (Å²) in [6.45, 7) is 7.56. The highest BCUT2D eigenvalue weighted by molar-refractivity contribution is 5.27. The van der Waals surface area contributed by atoms with E-state index in [1.165, 1.54) is 19.3 Å². The SMILES string of the molecule is CC1CCC(C(C)C)C(Oc2ccc(CN)cc2)C1. The minimum atomic E-state index is 0.368. The number of hydrogen-bond donors (Lipinski definition) is 1. The molecule has 0 heterocycles. The summed E-state index contributed by atoms with van der Waals surface area (Å²) in [4.78, 5) is 0. The normalized spacial score (nSPS) is 27.5. The predicted molar refractivity (Wildman–Crippen MR) is 80.1 cm³/mol. The fourth-order valence-corrected chi connectivity index (χ4v) is 3.13. The van der Waals surface area contributed by atoms with E-state index in [9.17, 15) is 0 Å². The minimum Gasteiger partial charge on any atom is -0.490 e. The zero-order valence-electron chi connectivity index (χ0n) is 12.4. The molecule has 1 saturated carbocycles. The molecule has 1 aromatic carbocycles. The second kappa shape index (κ2) is 6.42. The van der Waals surface area contributed by atoms with E-state index in [4.69, 9.17) is 10.5 Å². The summed E-state index contributed by atoms with van der Waals surface area (Å²) in [6.07, 6.45) is 4.19. The Morgan fingerprint density at radius 3 is 2.47 bits per heavy atom. The Labute approximate surface area is 117 Å². The molecule has 1 aromatic rings. The molecule has 106 valence electrons. The summed E-state index contributed by atoms with van der Waals surface area (Å²) >= 11 is 0. The van der Waals surface area contributed by atoms with Gasteiger partial charge in [-0.1, -0.05) is 39.3 Å². The van der Waals surface area contributed by atoms with Crippen LogP contribution in [-0.2, 0) is 6.54 Å². The van der Waals surface area contributed by atoms with Crippen LogP contribution < -0.4 is 10.5 Å². The third-order valence-corrected chi connectivity index (χ3v) is 4.41. The molecule has 19 heavy (non-hydrogen) atoms. The molecule has 0 aromatic heterocycles. The van der Waals surface area contributed by atoms with Gasteiger partial charge in [-0.15, -0.1) is 0 Å². The largest absolute Gasteiger partial charge is 0.490 e. The van der Waals surface area contributed by atoms with Crippen molar-refractivity contribution in [2.24, 2.45) is 23.5 Å². The Kier molecular flexibility index (Phi) is 4.87. The van der Waals surface area contributed by atoms with Crippen molar-refractivity contribution in [3.05, 3.63) is 29.8 Å². The second-order valence-corrected chi connectivity index (χ2v) is 6.33. The molecule has 0 spiro atoms. The van der Waals surface area contributed by atoms with Crippen LogP contribution in [0.15, 0.2) is 24.3 Å². The van der Waals surface area contributed by atoms with E-state index >= 15 is 0 Å². The predicted octanol–water partition coefficient (Wildman–Crippen LogP) is 3.98. The van der Waals surface area contributed by atoms with Crippen molar-refractivity contribution in [2.75, 3.05) is 0 Å². The van der Waals surface area contributed by atoms with Crippen LogP contribution in [0.2, 0.25) is 0 Å². The average molecular weight is 261 g/mol. The van der Waals surface area contributed by atoms with E-state index in [0.29, 0.717) is 24.5 Å². The van der Waals surface area contributed by atoms with E-state index in [0.717, 1.165) is 17.2 Å². The van der Waals surface area contributed by atoms with Crippen molar-refractivity contribution in [2.45, 2.75) is 52.7 Å². The third-order valence-electron chi connectivity index (χ3n) is 4.41. The molecule has 0 amide bonds. The van der Waals surface area contributed by atoms with Gasteiger partial charge in [0.1, 0.15) is 11.9 Å². The first-order chi connectivity index (χ1) is 9.10. The van der Waals surface area contributed by atoms with Crippen LogP contribution in [-0.4, -0.2) is 6.10 Å². The van der Waals surface area contributed by atoms with Crippen LogP contribution in [0.5, 0.6) is 5.75 Å². The molecular weight excluding hydrogens is 234 g/mol. The first-order valence-electron chi connectivity index (χ1n) is 7.55. The zero-order valence-corrected chi connectivity index (χ0v) is 12.4. The fraction of sp³-hybridized carbons (Fsp3) is 0.647. The lowest BCUT2D eigenvalue weighted by molar-refractivity contribution is 0.0460. The maximum absolute atomic E-state index is 6.26. The highest BCUT2D eigenvalue weighted by Crippen LogP contribution is 2.35. The Balaban J connectivity index is 2.05. The molecule has 2 heteroatoms. The topological polar surface area (TPSA) is 35.2 Å². The lowest BCUT2D eigenvalue weighted by atomic mass is 9.75. The zero-order chi connectivity index (χ0) is 13.8. The van der Waals surface area contributed by atoms with E-state index in [-0.39, 0.29) is 0 Å². The maximum atomic E-state index is 6.26. The Hall–Kier alpha value is -1.02. The lowest BCUT2D eigenvalue weighted by Gasteiger charge is -2.37. The van der Waals surface area contributed by atoms with Crippen molar-refractivity contribution in [1.29, 1.82) is 0 Å². The summed E-state index contributed by atoms with van der Waals surface area (Å²) in [7, 11) is 0. The quantitative estimate of drug-likeness (QED) is 0.889. The van der Waals surface area contributed by atoms with Crippen molar-refractivity contribution < 1.29 is 4.74 Å².